The molecule has 0 aliphatic rings. The molecule has 0 fully saturated rings. The van der Waals surface area contributed by atoms with Gasteiger partial charge in [0.1, 0.15) is 7.38 Å². The number of halogens is 1. The van der Waals surface area contributed by atoms with Crippen molar-refractivity contribution in [2.45, 2.75) is 19.6 Å². The Bertz CT molecular complexity index is 26.3. The van der Waals surface area contributed by atoms with Crippen LogP contribution in [0.4, 0.5) is 0 Å². The first-order valence-corrected chi connectivity index (χ1v) is 6.20. The molecule has 36 valence electrons. The first-order chi connectivity index (χ1) is 2.00. The van der Waals surface area contributed by atoms with Gasteiger partial charge in [-0.1, -0.05) is 19.6 Å². The number of rotatable bonds is 0. The van der Waals surface area contributed by atoms with Crippen molar-refractivity contribution in [3.63, 3.8) is 0 Å². The minimum Gasteiger partial charge on any atom is -0.168 e. The van der Waals surface area contributed by atoms with Gasteiger partial charge >= 0.3 is 0 Å². The summed E-state index contributed by atoms with van der Waals surface area (Å²) < 4.78 is 0. The molecule has 0 saturated carbocycles. The Hall–Kier alpha value is 1.22. The van der Waals surface area contributed by atoms with Crippen LogP contribution in [0.3, 0.4) is 0 Å². The van der Waals surface area contributed by atoms with E-state index in [4.69, 9.17) is 11.1 Å². The van der Waals surface area contributed by atoms with E-state index in [-0.39, 0.29) is 21.7 Å². The molecule has 3 heteroatoms. The third-order valence-electron chi connectivity index (χ3n) is 0. The smallest absolute Gasteiger partial charge is 0.147 e. The number of hydrogen-bond acceptors (Lipinski definition) is 0. The van der Waals surface area contributed by atoms with Crippen LogP contribution in [0.1, 0.15) is 0 Å². The van der Waals surface area contributed by atoms with E-state index in [1.54, 1.807) is 0 Å². The van der Waals surface area contributed by atoms with E-state index in [2.05, 4.69) is 19.6 Å². The van der Waals surface area contributed by atoms with E-state index in [0.717, 1.165) is 0 Å². The zero-order valence-corrected chi connectivity index (χ0v) is 7.70. The topological polar surface area (TPSA) is 0 Å². The third-order valence-corrected chi connectivity index (χ3v) is 0. The third kappa shape index (κ3) is 62.4. The van der Waals surface area contributed by atoms with Crippen molar-refractivity contribution in [2.75, 3.05) is 0 Å². The molecule has 0 aliphatic carbocycles. The van der Waals surface area contributed by atoms with Crippen LogP contribution in [0.25, 0.3) is 0 Å². The fraction of sp³-hybridized carbons (Fsp3) is 1.00. The fourth-order valence-corrected chi connectivity index (χ4v) is 0. The molecule has 0 amide bonds. The van der Waals surface area contributed by atoms with Gasteiger partial charge in [-0.05, 0) is 0 Å². The summed E-state index contributed by atoms with van der Waals surface area (Å²) in [5.41, 5.74) is 0. The van der Waals surface area contributed by atoms with E-state index in [1.165, 1.54) is 0 Å². The average Bonchev–Trinajstić information content (AvgIpc) is 0.722. The molecule has 0 aromatic heterocycles. The van der Waals surface area contributed by atoms with Gasteiger partial charge in [-0.2, -0.15) is 11.1 Å². The quantitative estimate of drug-likeness (QED) is 0.372. The summed E-state index contributed by atoms with van der Waals surface area (Å²) in [7, 11) is -1.14. The molecule has 0 unspecified atom stereocenters. The van der Waals surface area contributed by atoms with Gasteiger partial charge in [0.25, 0.3) is 0 Å². The van der Waals surface area contributed by atoms with Crippen LogP contribution < -0.4 is 0 Å². The molecule has 0 atom stereocenters. The zero-order chi connectivity index (χ0) is 4.50. The minimum atomic E-state index is -1.14. The first-order valence-electron chi connectivity index (χ1n) is 1.69. The average molecular weight is 157 g/mol. The second kappa shape index (κ2) is 3.25. The second-order valence-corrected chi connectivity index (χ2v) is 9.60. The van der Waals surface area contributed by atoms with Crippen molar-refractivity contribution in [2.24, 2.45) is 0 Å². The normalized spacial score (nSPS) is 10.0. The summed E-state index contributed by atoms with van der Waals surface area (Å²) in [4.78, 5) is 0. The maximum Gasteiger partial charge on any atom is 0.147 e. The molecule has 6 heavy (non-hydrogen) atoms. The Labute approximate surface area is 59.9 Å². The van der Waals surface area contributed by atoms with E-state index in [9.17, 15) is 0 Å². The summed E-state index contributed by atoms with van der Waals surface area (Å²) in [5, 5.41) is 0. The Morgan fingerprint density at radius 3 is 1.17 bits per heavy atom. The SMILES string of the molecule is C[Si](C)(C)Cl.[Ti]. The van der Waals surface area contributed by atoms with E-state index >= 15 is 0 Å². The summed E-state index contributed by atoms with van der Waals surface area (Å²) in [6.07, 6.45) is 0. The van der Waals surface area contributed by atoms with Gasteiger partial charge in [0.2, 0.25) is 0 Å². The molecule has 0 bridgehead atoms. The van der Waals surface area contributed by atoms with Crippen LogP contribution >= 0.6 is 11.1 Å². The van der Waals surface area contributed by atoms with Crippen molar-refractivity contribution < 1.29 is 21.7 Å². The molecule has 0 N–H and O–H groups in total. The summed E-state index contributed by atoms with van der Waals surface area (Å²) >= 11 is 5.67. The van der Waals surface area contributed by atoms with Crippen LogP contribution in [-0.4, -0.2) is 7.38 Å². The van der Waals surface area contributed by atoms with E-state index in [0.29, 0.717) is 0 Å². The van der Waals surface area contributed by atoms with Gasteiger partial charge in [0, 0.05) is 21.7 Å². The summed E-state index contributed by atoms with van der Waals surface area (Å²) in [6.45, 7) is 6.28. The monoisotopic (exact) mass is 156 g/mol. The fourth-order valence-electron chi connectivity index (χ4n) is 0. The minimum absolute atomic E-state index is 0. The maximum atomic E-state index is 5.67. The zero-order valence-electron chi connectivity index (χ0n) is 4.38. The van der Waals surface area contributed by atoms with Crippen LogP contribution in [0.2, 0.25) is 19.6 Å². The van der Waals surface area contributed by atoms with Crippen LogP contribution in [0.5, 0.6) is 0 Å². The van der Waals surface area contributed by atoms with Gasteiger partial charge in [-0.3, -0.25) is 0 Å². The summed E-state index contributed by atoms with van der Waals surface area (Å²) in [6, 6.07) is 0. The predicted molar refractivity (Wildman–Crippen MR) is 29.2 cm³/mol. The molecule has 0 rings (SSSR count). The molecule has 0 aromatic rings. The van der Waals surface area contributed by atoms with Gasteiger partial charge in [-0.15, -0.1) is 0 Å². The van der Waals surface area contributed by atoms with Crippen molar-refractivity contribution in [1.82, 2.24) is 0 Å². The predicted octanol–water partition coefficient (Wildman–Crippen LogP) is 2.06. The van der Waals surface area contributed by atoms with Crippen LogP contribution in [0, 0.1) is 0 Å². The molecule has 0 aliphatic heterocycles. The van der Waals surface area contributed by atoms with E-state index < -0.39 is 7.38 Å². The second-order valence-electron chi connectivity index (χ2n) is 2.07. The van der Waals surface area contributed by atoms with Crippen molar-refractivity contribution in [1.29, 1.82) is 0 Å². The molecular weight excluding hydrogens is 147 g/mol. The van der Waals surface area contributed by atoms with Crippen LogP contribution in [-0.2, 0) is 21.7 Å². The van der Waals surface area contributed by atoms with Gasteiger partial charge in [-0.25, -0.2) is 0 Å². The Kier molecular flexibility index (Phi) is 5.56. The molecule has 0 aromatic carbocycles. The summed E-state index contributed by atoms with van der Waals surface area (Å²) in [5.74, 6) is 0. The first kappa shape index (κ1) is 10.3. The largest absolute Gasteiger partial charge is 0.168 e. The van der Waals surface area contributed by atoms with E-state index in [1.807, 2.05) is 0 Å². The van der Waals surface area contributed by atoms with Gasteiger partial charge < -0.3 is 0 Å². The molecule has 0 spiro atoms. The molecule has 0 saturated heterocycles. The number of hydrogen-bond donors (Lipinski definition) is 0. The van der Waals surface area contributed by atoms with Crippen molar-refractivity contribution >= 4 is 18.5 Å². The molecular formula is C3H9ClSiTi. The molecule has 0 radical (unpaired) electrons. The van der Waals surface area contributed by atoms with Gasteiger partial charge in [0.05, 0.1) is 0 Å². The Morgan fingerprint density at radius 1 is 1.17 bits per heavy atom. The Balaban J connectivity index is 0. The van der Waals surface area contributed by atoms with Crippen molar-refractivity contribution in [3.05, 3.63) is 0 Å². The van der Waals surface area contributed by atoms with Gasteiger partial charge in [0.15, 0.2) is 0 Å². The molecule has 0 nitrogen and oxygen atoms in total. The standard InChI is InChI=1S/C3H9ClSi.Ti/c1-5(2,3)4;/h1-3H3;. The Morgan fingerprint density at radius 2 is 1.17 bits per heavy atom. The van der Waals surface area contributed by atoms with Crippen molar-refractivity contribution in [3.8, 4) is 0 Å². The maximum absolute atomic E-state index is 5.67. The molecule has 0 heterocycles. The van der Waals surface area contributed by atoms with Crippen LogP contribution in [0.15, 0.2) is 0 Å².